The van der Waals surface area contributed by atoms with E-state index in [1.165, 1.54) is 17.0 Å². The number of benzene rings is 2. The van der Waals surface area contributed by atoms with Crippen molar-refractivity contribution < 1.29 is 14.0 Å². The number of anilines is 1. The molecular formula is C20H20ClFN2O2. The number of aryl methyl sites for hydroxylation is 1. The van der Waals surface area contributed by atoms with E-state index in [0.717, 1.165) is 11.3 Å². The topological polar surface area (TPSA) is 40.6 Å². The van der Waals surface area contributed by atoms with E-state index in [4.69, 9.17) is 11.6 Å². The fourth-order valence-electron chi connectivity index (χ4n) is 3.16. The first kappa shape index (κ1) is 18.4. The van der Waals surface area contributed by atoms with Gasteiger partial charge in [0.2, 0.25) is 11.8 Å². The number of hydrogen-bond acceptors (Lipinski definition) is 2. The van der Waals surface area contributed by atoms with Crippen molar-refractivity contribution in [2.24, 2.45) is 5.92 Å². The molecule has 136 valence electrons. The molecule has 1 unspecified atom stereocenters. The predicted octanol–water partition coefficient (Wildman–Crippen LogP) is 3.80. The van der Waals surface area contributed by atoms with Gasteiger partial charge >= 0.3 is 0 Å². The highest BCUT2D eigenvalue weighted by molar-refractivity contribution is 6.31. The summed E-state index contributed by atoms with van der Waals surface area (Å²) >= 11 is 6.04. The fraction of sp³-hybridized carbons (Fsp3) is 0.300. The largest absolute Gasteiger partial charge is 0.341 e. The second-order valence-electron chi connectivity index (χ2n) is 6.64. The number of carbonyl (C=O) groups is 2. The van der Waals surface area contributed by atoms with Crippen molar-refractivity contribution in [3.05, 3.63) is 64.4 Å². The van der Waals surface area contributed by atoms with Crippen LogP contribution in [0.5, 0.6) is 0 Å². The maximum Gasteiger partial charge on any atom is 0.228 e. The van der Waals surface area contributed by atoms with E-state index >= 15 is 0 Å². The van der Waals surface area contributed by atoms with Gasteiger partial charge in [-0.15, -0.1) is 0 Å². The van der Waals surface area contributed by atoms with Crippen LogP contribution in [-0.2, 0) is 16.1 Å². The van der Waals surface area contributed by atoms with E-state index in [0.29, 0.717) is 6.54 Å². The average molecular weight is 375 g/mol. The molecule has 1 heterocycles. The van der Waals surface area contributed by atoms with Crippen molar-refractivity contribution >= 4 is 29.1 Å². The van der Waals surface area contributed by atoms with Crippen LogP contribution in [0.4, 0.5) is 10.1 Å². The Kier molecular flexibility index (Phi) is 5.28. The molecule has 0 N–H and O–H groups in total. The first-order valence-corrected chi connectivity index (χ1v) is 8.79. The highest BCUT2D eigenvalue weighted by atomic mass is 35.5. The zero-order chi connectivity index (χ0) is 18.8. The van der Waals surface area contributed by atoms with E-state index < -0.39 is 11.7 Å². The van der Waals surface area contributed by atoms with Gasteiger partial charge in [0.1, 0.15) is 5.82 Å². The highest BCUT2D eigenvalue weighted by Crippen LogP contribution is 2.27. The molecule has 6 heteroatoms. The zero-order valence-corrected chi connectivity index (χ0v) is 15.5. The molecule has 0 spiro atoms. The number of nitrogens with zero attached hydrogens (tertiary/aromatic N) is 2. The van der Waals surface area contributed by atoms with Gasteiger partial charge in [-0.25, -0.2) is 4.39 Å². The van der Waals surface area contributed by atoms with Crippen LogP contribution in [0.3, 0.4) is 0 Å². The van der Waals surface area contributed by atoms with Crippen molar-refractivity contribution in [3.63, 3.8) is 0 Å². The minimum Gasteiger partial charge on any atom is -0.341 e. The maximum atomic E-state index is 13.9. The van der Waals surface area contributed by atoms with Crippen LogP contribution in [0.15, 0.2) is 42.5 Å². The molecule has 0 radical (unpaired) electrons. The van der Waals surface area contributed by atoms with Gasteiger partial charge in [-0.1, -0.05) is 35.4 Å². The van der Waals surface area contributed by atoms with E-state index in [-0.39, 0.29) is 35.4 Å². The molecule has 1 atom stereocenters. The van der Waals surface area contributed by atoms with E-state index in [1.54, 1.807) is 18.0 Å². The van der Waals surface area contributed by atoms with Gasteiger partial charge in [0.25, 0.3) is 0 Å². The Balaban J connectivity index is 1.70. The SMILES string of the molecule is Cc1ccc(N2CC(C(=O)N(C)Cc3c(F)cccc3Cl)CC2=O)cc1. The van der Waals surface area contributed by atoms with Crippen LogP contribution in [0.1, 0.15) is 17.5 Å². The third kappa shape index (κ3) is 3.73. The lowest BCUT2D eigenvalue weighted by molar-refractivity contribution is -0.135. The summed E-state index contributed by atoms with van der Waals surface area (Å²) in [5.74, 6) is -1.16. The van der Waals surface area contributed by atoms with Crippen LogP contribution in [-0.4, -0.2) is 30.3 Å². The molecular weight excluding hydrogens is 355 g/mol. The van der Waals surface area contributed by atoms with E-state index in [1.807, 2.05) is 31.2 Å². The van der Waals surface area contributed by atoms with Crippen LogP contribution < -0.4 is 4.90 Å². The Labute approximate surface area is 157 Å². The third-order valence-corrected chi connectivity index (χ3v) is 5.01. The summed E-state index contributed by atoms with van der Waals surface area (Å²) in [6.07, 6.45) is 0.155. The summed E-state index contributed by atoms with van der Waals surface area (Å²) in [5.41, 5.74) is 2.18. The number of carbonyl (C=O) groups excluding carboxylic acids is 2. The highest BCUT2D eigenvalue weighted by Gasteiger charge is 2.36. The van der Waals surface area contributed by atoms with Gasteiger partial charge in [-0.3, -0.25) is 9.59 Å². The first-order chi connectivity index (χ1) is 12.4. The maximum absolute atomic E-state index is 13.9. The second kappa shape index (κ2) is 7.46. The monoisotopic (exact) mass is 374 g/mol. The van der Waals surface area contributed by atoms with Crippen molar-refractivity contribution in [2.75, 3.05) is 18.5 Å². The van der Waals surface area contributed by atoms with Crippen molar-refractivity contribution in [3.8, 4) is 0 Å². The number of hydrogen-bond donors (Lipinski definition) is 0. The molecule has 2 aromatic carbocycles. The summed E-state index contributed by atoms with van der Waals surface area (Å²) in [6, 6.07) is 12.1. The third-order valence-electron chi connectivity index (χ3n) is 4.65. The lowest BCUT2D eigenvalue weighted by Gasteiger charge is -2.22. The number of halogens is 2. The molecule has 3 rings (SSSR count). The van der Waals surface area contributed by atoms with Crippen molar-refractivity contribution in [2.45, 2.75) is 19.9 Å². The van der Waals surface area contributed by atoms with Gasteiger partial charge in [-0.2, -0.15) is 0 Å². The van der Waals surface area contributed by atoms with E-state index in [9.17, 15) is 14.0 Å². The second-order valence-corrected chi connectivity index (χ2v) is 7.04. The van der Waals surface area contributed by atoms with E-state index in [2.05, 4.69) is 0 Å². The number of rotatable bonds is 4. The zero-order valence-electron chi connectivity index (χ0n) is 14.7. The van der Waals surface area contributed by atoms with Crippen molar-refractivity contribution in [1.29, 1.82) is 0 Å². The lowest BCUT2D eigenvalue weighted by Crippen LogP contribution is -2.34. The molecule has 2 amide bonds. The standard InChI is InChI=1S/C20H20ClFN2O2/c1-13-6-8-15(9-7-13)24-11-14(10-19(24)25)20(26)23(2)12-16-17(21)4-3-5-18(16)22/h3-9,14H,10-12H2,1-2H3. The van der Waals surface area contributed by atoms with Gasteiger partial charge < -0.3 is 9.80 Å². The number of amides is 2. The Hall–Kier alpha value is -2.40. The summed E-state index contributed by atoms with van der Waals surface area (Å²) < 4.78 is 13.9. The summed E-state index contributed by atoms with van der Waals surface area (Å²) in [7, 11) is 1.60. The molecule has 1 saturated heterocycles. The molecule has 0 aromatic heterocycles. The molecule has 4 nitrogen and oxygen atoms in total. The Morgan fingerprint density at radius 3 is 2.62 bits per heavy atom. The quantitative estimate of drug-likeness (QED) is 0.816. The molecule has 0 saturated carbocycles. The lowest BCUT2D eigenvalue weighted by atomic mass is 10.1. The Morgan fingerprint density at radius 1 is 1.27 bits per heavy atom. The summed E-state index contributed by atoms with van der Waals surface area (Å²) in [6.45, 7) is 2.38. The normalized spacial score (nSPS) is 16.8. The fourth-order valence-corrected chi connectivity index (χ4v) is 3.38. The Morgan fingerprint density at radius 2 is 1.96 bits per heavy atom. The molecule has 0 bridgehead atoms. The first-order valence-electron chi connectivity index (χ1n) is 8.41. The predicted molar refractivity (Wildman–Crippen MR) is 99.5 cm³/mol. The van der Waals surface area contributed by atoms with Crippen LogP contribution >= 0.6 is 11.6 Å². The van der Waals surface area contributed by atoms with Gasteiger partial charge in [0.15, 0.2) is 0 Å². The Bertz CT molecular complexity index is 818. The van der Waals surface area contributed by atoms with Crippen LogP contribution in [0.25, 0.3) is 0 Å². The van der Waals surface area contributed by atoms with Crippen LogP contribution in [0, 0.1) is 18.7 Å². The molecule has 1 aliphatic heterocycles. The molecule has 2 aromatic rings. The molecule has 1 aliphatic rings. The molecule has 0 aliphatic carbocycles. The van der Waals surface area contributed by atoms with Crippen LogP contribution in [0.2, 0.25) is 5.02 Å². The smallest absolute Gasteiger partial charge is 0.228 e. The minimum atomic E-state index is -0.445. The summed E-state index contributed by atoms with van der Waals surface area (Å²) in [5, 5.41) is 0.286. The summed E-state index contributed by atoms with van der Waals surface area (Å²) in [4.78, 5) is 28.1. The van der Waals surface area contributed by atoms with Gasteiger partial charge in [-0.05, 0) is 31.2 Å². The van der Waals surface area contributed by atoms with Crippen molar-refractivity contribution in [1.82, 2.24) is 4.90 Å². The minimum absolute atomic E-state index is 0.0690. The van der Waals surface area contributed by atoms with Gasteiger partial charge in [0.05, 0.1) is 5.92 Å². The average Bonchev–Trinajstić information content (AvgIpc) is 3.00. The molecule has 1 fully saturated rings. The molecule has 26 heavy (non-hydrogen) atoms. The van der Waals surface area contributed by atoms with Gasteiger partial charge in [0, 0.05) is 42.8 Å².